The van der Waals surface area contributed by atoms with Gasteiger partial charge in [0.15, 0.2) is 0 Å². The summed E-state index contributed by atoms with van der Waals surface area (Å²) in [5.74, 6) is 0. The number of rotatable bonds is 5. The molecule has 2 aliphatic rings. The first kappa shape index (κ1) is 14.1. The molecule has 18 heavy (non-hydrogen) atoms. The van der Waals surface area contributed by atoms with Gasteiger partial charge in [0.2, 0.25) is 0 Å². The van der Waals surface area contributed by atoms with Crippen molar-refractivity contribution in [1.82, 2.24) is 4.90 Å². The monoisotopic (exact) mass is 267 g/mol. The molecule has 0 spiro atoms. The number of fused-ring (bicyclic) bond motifs is 2. The number of nitrogens with zero attached hydrogens (tertiary/aromatic N) is 1. The van der Waals surface area contributed by atoms with Gasteiger partial charge in [-0.3, -0.25) is 4.90 Å². The highest BCUT2D eigenvalue weighted by Gasteiger charge is 2.39. The first-order valence-corrected chi connectivity index (χ1v) is 6.54. The molecular weight excluding hydrogens is 247 g/mol. The van der Waals surface area contributed by atoms with Crippen LogP contribution < -0.4 is 0 Å². The molecule has 0 saturated carbocycles. The lowest BCUT2D eigenvalue weighted by atomic mass is 10.00. The van der Waals surface area contributed by atoms with Crippen LogP contribution in [0.4, 0.5) is 13.2 Å². The molecule has 0 radical (unpaired) electrons. The number of aliphatic hydroxyl groups is 1. The Morgan fingerprint density at radius 3 is 2.33 bits per heavy atom. The predicted octanol–water partition coefficient (Wildman–Crippen LogP) is 1.94. The molecule has 0 aromatic heterocycles. The normalized spacial score (nSPS) is 33.0. The molecule has 0 aromatic carbocycles. The van der Waals surface area contributed by atoms with E-state index in [0.717, 1.165) is 32.2 Å². The van der Waals surface area contributed by atoms with Crippen molar-refractivity contribution in [3.63, 3.8) is 0 Å². The molecule has 2 fully saturated rings. The molecule has 106 valence electrons. The average Bonchev–Trinajstić information content (AvgIpc) is 2.50. The van der Waals surface area contributed by atoms with Crippen molar-refractivity contribution in [2.45, 2.75) is 56.5 Å². The predicted molar refractivity (Wildman–Crippen MR) is 60.2 cm³/mol. The Hall–Kier alpha value is -0.330. The minimum Gasteiger partial charge on any atom is -0.393 e. The average molecular weight is 267 g/mol. The lowest BCUT2D eigenvalue weighted by Crippen LogP contribution is -2.45. The van der Waals surface area contributed by atoms with Crippen LogP contribution in [0.15, 0.2) is 0 Å². The Bertz CT molecular complexity index is 259. The molecule has 2 atom stereocenters. The Kier molecular flexibility index (Phi) is 4.50. The van der Waals surface area contributed by atoms with E-state index in [-0.39, 0.29) is 12.7 Å². The lowest BCUT2D eigenvalue weighted by Gasteiger charge is -2.37. The van der Waals surface area contributed by atoms with Gasteiger partial charge >= 0.3 is 6.18 Å². The topological polar surface area (TPSA) is 32.7 Å². The standard InChI is InChI=1S/C12H20F3NO2/c13-12(14,15)8-18-5-1-4-16-9-2-3-10(16)7-11(17)6-9/h9-11,17H,1-8H2. The zero-order valence-corrected chi connectivity index (χ0v) is 10.3. The molecule has 3 nitrogen and oxygen atoms in total. The first-order valence-electron chi connectivity index (χ1n) is 6.54. The maximum absolute atomic E-state index is 11.9. The van der Waals surface area contributed by atoms with Crippen LogP contribution in [-0.4, -0.2) is 54.1 Å². The molecule has 6 heteroatoms. The van der Waals surface area contributed by atoms with Crippen LogP contribution in [0, 0.1) is 0 Å². The van der Waals surface area contributed by atoms with E-state index in [9.17, 15) is 18.3 Å². The number of hydrogen-bond acceptors (Lipinski definition) is 3. The summed E-state index contributed by atoms with van der Waals surface area (Å²) in [5.41, 5.74) is 0. The second-order valence-electron chi connectivity index (χ2n) is 5.27. The van der Waals surface area contributed by atoms with Crippen molar-refractivity contribution in [2.24, 2.45) is 0 Å². The lowest BCUT2D eigenvalue weighted by molar-refractivity contribution is -0.174. The van der Waals surface area contributed by atoms with E-state index in [0.29, 0.717) is 18.5 Å². The van der Waals surface area contributed by atoms with Crippen LogP contribution in [-0.2, 0) is 4.74 Å². The number of aliphatic hydroxyl groups excluding tert-OH is 1. The van der Waals surface area contributed by atoms with Crippen LogP contribution in [0.5, 0.6) is 0 Å². The smallest absolute Gasteiger partial charge is 0.393 e. The van der Waals surface area contributed by atoms with E-state index in [1.165, 1.54) is 0 Å². The van der Waals surface area contributed by atoms with Crippen LogP contribution >= 0.6 is 0 Å². The Morgan fingerprint density at radius 1 is 1.17 bits per heavy atom. The molecule has 2 rings (SSSR count). The van der Waals surface area contributed by atoms with Crippen LogP contribution in [0.25, 0.3) is 0 Å². The minimum absolute atomic E-state index is 0.151. The second-order valence-corrected chi connectivity index (χ2v) is 5.27. The zero-order chi connectivity index (χ0) is 13.2. The van der Waals surface area contributed by atoms with E-state index in [4.69, 9.17) is 0 Å². The van der Waals surface area contributed by atoms with Gasteiger partial charge in [-0.1, -0.05) is 0 Å². The number of piperidine rings is 1. The molecule has 2 saturated heterocycles. The summed E-state index contributed by atoms with van der Waals surface area (Å²) in [4.78, 5) is 2.34. The van der Waals surface area contributed by atoms with Crippen molar-refractivity contribution in [2.75, 3.05) is 19.8 Å². The van der Waals surface area contributed by atoms with E-state index < -0.39 is 12.8 Å². The van der Waals surface area contributed by atoms with Gasteiger partial charge in [-0.2, -0.15) is 13.2 Å². The summed E-state index contributed by atoms with van der Waals surface area (Å²) in [7, 11) is 0. The van der Waals surface area contributed by atoms with Crippen LogP contribution in [0.1, 0.15) is 32.1 Å². The van der Waals surface area contributed by atoms with E-state index >= 15 is 0 Å². The molecule has 0 aliphatic carbocycles. The number of alkyl halides is 3. The van der Waals surface area contributed by atoms with Gasteiger partial charge in [-0.05, 0) is 32.1 Å². The largest absolute Gasteiger partial charge is 0.411 e. The van der Waals surface area contributed by atoms with Crippen molar-refractivity contribution in [1.29, 1.82) is 0 Å². The van der Waals surface area contributed by atoms with Crippen LogP contribution in [0.2, 0.25) is 0 Å². The van der Waals surface area contributed by atoms with E-state index in [2.05, 4.69) is 9.64 Å². The first-order chi connectivity index (χ1) is 8.46. The Labute approximate surface area is 105 Å². The zero-order valence-electron chi connectivity index (χ0n) is 10.3. The van der Waals surface area contributed by atoms with Crippen molar-refractivity contribution in [3.8, 4) is 0 Å². The maximum atomic E-state index is 11.9. The van der Waals surface area contributed by atoms with Crippen molar-refractivity contribution < 1.29 is 23.0 Å². The third-order valence-electron chi connectivity index (χ3n) is 3.83. The quantitative estimate of drug-likeness (QED) is 0.773. The third-order valence-corrected chi connectivity index (χ3v) is 3.83. The second kappa shape index (κ2) is 5.75. The highest BCUT2D eigenvalue weighted by molar-refractivity contribution is 4.94. The van der Waals surface area contributed by atoms with Gasteiger partial charge in [0.25, 0.3) is 0 Å². The van der Waals surface area contributed by atoms with Gasteiger partial charge in [0.05, 0.1) is 6.10 Å². The summed E-state index contributed by atoms with van der Waals surface area (Å²) >= 11 is 0. The maximum Gasteiger partial charge on any atom is 0.411 e. The molecule has 2 heterocycles. The summed E-state index contributed by atoms with van der Waals surface area (Å²) in [5, 5.41) is 9.63. The molecule has 0 amide bonds. The fourth-order valence-electron chi connectivity index (χ4n) is 3.15. The molecular formula is C12H20F3NO2. The minimum atomic E-state index is -4.23. The molecule has 1 N–H and O–H groups in total. The van der Waals surface area contributed by atoms with E-state index in [1.807, 2.05) is 0 Å². The molecule has 0 aromatic rings. The Balaban J connectivity index is 1.63. The SMILES string of the molecule is OC1CC2CCC(C1)N2CCCOCC(F)(F)F. The molecule has 2 bridgehead atoms. The van der Waals surface area contributed by atoms with Gasteiger partial charge in [0, 0.05) is 25.2 Å². The molecule has 2 aliphatic heterocycles. The van der Waals surface area contributed by atoms with E-state index in [1.54, 1.807) is 0 Å². The summed E-state index contributed by atoms with van der Waals surface area (Å²) in [6, 6.07) is 0.836. The number of ether oxygens (including phenoxy) is 1. The fourth-order valence-corrected chi connectivity index (χ4v) is 3.15. The molecule has 2 unspecified atom stereocenters. The van der Waals surface area contributed by atoms with Gasteiger partial charge in [0.1, 0.15) is 6.61 Å². The third kappa shape index (κ3) is 3.83. The van der Waals surface area contributed by atoms with Gasteiger partial charge in [-0.15, -0.1) is 0 Å². The summed E-state index contributed by atoms with van der Waals surface area (Å²) in [6.07, 6.45) is 0.0176. The fraction of sp³-hybridized carbons (Fsp3) is 1.00. The van der Waals surface area contributed by atoms with Gasteiger partial charge in [-0.25, -0.2) is 0 Å². The summed E-state index contributed by atoms with van der Waals surface area (Å²) in [6.45, 7) is -0.226. The van der Waals surface area contributed by atoms with Crippen LogP contribution in [0.3, 0.4) is 0 Å². The van der Waals surface area contributed by atoms with Crippen molar-refractivity contribution >= 4 is 0 Å². The van der Waals surface area contributed by atoms with Gasteiger partial charge < -0.3 is 9.84 Å². The number of hydrogen-bond donors (Lipinski definition) is 1. The highest BCUT2D eigenvalue weighted by Crippen LogP contribution is 2.35. The Morgan fingerprint density at radius 2 is 1.78 bits per heavy atom. The highest BCUT2D eigenvalue weighted by atomic mass is 19.4. The number of halogens is 3. The summed E-state index contributed by atoms with van der Waals surface area (Å²) < 4.78 is 40.2. The van der Waals surface area contributed by atoms with Crippen molar-refractivity contribution in [3.05, 3.63) is 0 Å².